The zero-order valence-corrected chi connectivity index (χ0v) is 11.3. The quantitative estimate of drug-likeness (QED) is 0.836. The van der Waals surface area contributed by atoms with E-state index in [-0.39, 0.29) is 0 Å². The van der Waals surface area contributed by atoms with E-state index in [0.29, 0.717) is 5.41 Å². The Morgan fingerprint density at radius 2 is 2.12 bits per heavy atom. The minimum absolute atomic E-state index is 0.349. The molecule has 0 radical (unpaired) electrons. The van der Waals surface area contributed by atoms with E-state index in [2.05, 4.69) is 49.6 Å². The van der Waals surface area contributed by atoms with Gasteiger partial charge in [-0.3, -0.25) is 0 Å². The summed E-state index contributed by atoms with van der Waals surface area (Å²) < 4.78 is 0. The molecule has 2 rings (SSSR count). The molecule has 0 saturated heterocycles. The second-order valence-electron chi connectivity index (χ2n) is 6.15. The summed E-state index contributed by atoms with van der Waals surface area (Å²) in [4.78, 5) is 0. The summed E-state index contributed by atoms with van der Waals surface area (Å²) in [5, 5.41) is 7.09. The van der Waals surface area contributed by atoms with E-state index in [1.165, 1.54) is 29.7 Å². The van der Waals surface area contributed by atoms with E-state index in [1.54, 1.807) is 0 Å². The molecule has 0 aromatic heterocycles. The Labute approximate surface area is 105 Å². The fourth-order valence-electron chi connectivity index (χ4n) is 2.30. The van der Waals surface area contributed by atoms with Gasteiger partial charge in [0.05, 0.1) is 0 Å². The van der Waals surface area contributed by atoms with Crippen molar-refractivity contribution < 1.29 is 0 Å². The number of benzene rings is 1. The van der Waals surface area contributed by atoms with E-state index < -0.39 is 0 Å². The van der Waals surface area contributed by atoms with E-state index >= 15 is 0 Å². The lowest BCUT2D eigenvalue weighted by Gasteiger charge is -2.23. The molecule has 17 heavy (non-hydrogen) atoms. The Bertz CT molecular complexity index is 377. The number of nitrogens with one attached hydrogen (secondary N) is 2. The van der Waals surface area contributed by atoms with Crippen molar-refractivity contribution in [1.29, 1.82) is 0 Å². The topological polar surface area (TPSA) is 24.1 Å². The average molecular weight is 232 g/mol. The molecular formula is C15H24N2. The zero-order valence-electron chi connectivity index (χ0n) is 11.3. The normalized spacial score (nSPS) is 15.2. The van der Waals surface area contributed by atoms with Gasteiger partial charge in [-0.2, -0.15) is 0 Å². The van der Waals surface area contributed by atoms with Crippen molar-refractivity contribution in [2.75, 3.05) is 18.4 Å². The van der Waals surface area contributed by atoms with Gasteiger partial charge in [0.15, 0.2) is 0 Å². The van der Waals surface area contributed by atoms with E-state index in [0.717, 1.165) is 19.6 Å². The first-order valence-corrected chi connectivity index (χ1v) is 6.62. The number of aryl methyl sites for hydroxylation is 1. The third-order valence-electron chi connectivity index (χ3n) is 3.13. The fourth-order valence-corrected chi connectivity index (χ4v) is 2.30. The monoisotopic (exact) mass is 232 g/mol. The van der Waals surface area contributed by atoms with Crippen LogP contribution in [-0.4, -0.2) is 13.1 Å². The standard InChI is InChI=1S/C15H24N2/c1-15(2,3)11-16-10-13-7-4-6-12-8-5-9-17-14(12)13/h4,6-7,16-17H,5,8-11H2,1-3H3. The van der Waals surface area contributed by atoms with Gasteiger partial charge in [-0.05, 0) is 29.4 Å². The Morgan fingerprint density at radius 3 is 2.88 bits per heavy atom. The molecule has 94 valence electrons. The molecule has 0 spiro atoms. The van der Waals surface area contributed by atoms with E-state index in [9.17, 15) is 0 Å². The molecule has 1 aliphatic rings. The minimum atomic E-state index is 0.349. The van der Waals surface area contributed by atoms with Crippen LogP contribution in [0.2, 0.25) is 0 Å². The van der Waals surface area contributed by atoms with Gasteiger partial charge in [0.25, 0.3) is 0 Å². The van der Waals surface area contributed by atoms with Crippen LogP contribution in [0.5, 0.6) is 0 Å². The number of hydrogen-bond donors (Lipinski definition) is 2. The van der Waals surface area contributed by atoms with Crippen molar-refractivity contribution in [2.45, 2.75) is 40.2 Å². The molecule has 0 bridgehead atoms. The molecule has 1 aromatic carbocycles. The Kier molecular flexibility index (Phi) is 3.72. The van der Waals surface area contributed by atoms with Crippen LogP contribution in [0.25, 0.3) is 0 Å². The maximum atomic E-state index is 3.55. The van der Waals surface area contributed by atoms with E-state index in [4.69, 9.17) is 0 Å². The molecule has 0 saturated carbocycles. The lowest BCUT2D eigenvalue weighted by molar-refractivity contribution is 0.379. The lowest BCUT2D eigenvalue weighted by atomic mass is 9.96. The summed E-state index contributed by atoms with van der Waals surface area (Å²) in [6.45, 7) is 9.92. The maximum Gasteiger partial charge on any atom is 0.0418 e. The van der Waals surface area contributed by atoms with Crippen molar-refractivity contribution in [1.82, 2.24) is 5.32 Å². The third-order valence-corrected chi connectivity index (χ3v) is 3.13. The van der Waals surface area contributed by atoms with Crippen LogP contribution in [0, 0.1) is 5.41 Å². The third kappa shape index (κ3) is 3.47. The number of hydrogen-bond acceptors (Lipinski definition) is 2. The summed E-state index contributed by atoms with van der Waals surface area (Å²) in [5.41, 5.74) is 4.61. The zero-order chi connectivity index (χ0) is 12.3. The summed E-state index contributed by atoms with van der Waals surface area (Å²) in [6, 6.07) is 6.65. The molecule has 0 amide bonds. The predicted molar refractivity (Wildman–Crippen MR) is 74.4 cm³/mol. The second-order valence-corrected chi connectivity index (χ2v) is 6.15. The highest BCUT2D eigenvalue weighted by molar-refractivity contribution is 5.59. The van der Waals surface area contributed by atoms with Crippen molar-refractivity contribution in [2.24, 2.45) is 5.41 Å². The van der Waals surface area contributed by atoms with Crippen molar-refractivity contribution in [3.8, 4) is 0 Å². The van der Waals surface area contributed by atoms with Crippen LogP contribution in [0.15, 0.2) is 18.2 Å². The van der Waals surface area contributed by atoms with Crippen LogP contribution >= 0.6 is 0 Å². The number of rotatable bonds is 3. The maximum absolute atomic E-state index is 3.55. The van der Waals surface area contributed by atoms with Gasteiger partial charge >= 0.3 is 0 Å². The summed E-state index contributed by atoms with van der Waals surface area (Å²) in [6.07, 6.45) is 2.47. The smallest absolute Gasteiger partial charge is 0.0418 e. The van der Waals surface area contributed by atoms with Crippen LogP contribution in [0.4, 0.5) is 5.69 Å². The van der Waals surface area contributed by atoms with Gasteiger partial charge in [-0.25, -0.2) is 0 Å². The predicted octanol–water partition coefficient (Wildman–Crippen LogP) is 3.18. The van der Waals surface area contributed by atoms with Crippen molar-refractivity contribution in [3.05, 3.63) is 29.3 Å². The highest BCUT2D eigenvalue weighted by Gasteiger charge is 2.13. The molecule has 0 aliphatic carbocycles. The van der Waals surface area contributed by atoms with Crippen molar-refractivity contribution in [3.63, 3.8) is 0 Å². The first-order valence-electron chi connectivity index (χ1n) is 6.62. The molecule has 0 atom stereocenters. The Hall–Kier alpha value is -1.02. The molecule has 2 heteroatoms. The van der Waals surface area contributed by atoms with Gasteiger partial charge in [0.2, 0.25) is 0 Å². The van der Waals surface area contributed by atoms with Crippen LogP contribution in [0.1, 0.15) is 38.3 Å². The average Bonchev–Trinajstić information content (AvgIpc) is 2.28. The van der Waals surface area contributed by atoms with Gasteiger partial charge in [0, 0.05) is 25.3 Å². The molecule has 1 aliphatic heterocycles. The highest BCUT2D eigenvalue weighted by Crippen LogP contribution is 2.26. The summed E-state index contributed by atoms with van der Waals surface area (Å²) in [7, 11) is 0. The molecule has 0 fully saturated rings. The SMILES string of the molecule is CC(C)(C)CNCc1cccc2c1NCCC2. The van der Waals surface area contributed by atoms with E-state index in [1.807, 2.05) is 0 Å². The van der Waals surface area contributed by atoms with Gasteiger partial charge in [0.1, 0.15) is 0 Å². The molecule has 1 aromatic rings. The van der Waals surface area contributed by atoms with Crippen molar-refractivity contribution >= 4 is 5.69 Å². The molecule has 2 nitrogen and oxygen atoms in total. The summed E-state index contributed by atoms with van der Waals surface area (Å²) in [5.74, 6) is 0. The fraction of sp³-hybridized carbons (Fsp3) is 0.600. The minimum Gasteiger partial charge on any atom is -0.385 e. The summed E-state index contributed by atoms with van der Waals surface area (Å²) >= 11 is 0. The highest BCUT2D eigenvalue weighted by atomic mass is 14.9. The lowest BCUT2D eigenvalue weighted by Crippen LogP contribution is -2.27. The van der Waals surface area contributed by atoms with Gasteiger partial charge in [-0.15, -0.1) is 0 Å². The molecule has 0 unspecified atom stereocenters. The first-order chi connectivity index (χ1) is 8.06. The van der Waals surface area contributed by atoms with Crippen LogP contribution in [-0.2, 0) is 13.0 Å². The molecular weight excluding hydrogens is 208 g/mol. The number of fused-ring (bicyclic) bond motifs is 1. The number of para-hydroxylation sites is 1. The second kappa shape index (κ2) is 5.09. The van der Waals surface area contributed by atoms with Gasteiger partial charge in [-0.1, -0.05) is 39.0 Å². The largest absolute Gasteiger partial charge is 0.385 e. The Balaban J connectivity index is 2.01. The first kappa shape index (κ1) is 12.4. The van der Waals surface area contributed by atoms with Gasteiger partial charge < -0.3 is 10.6 Å². The van der Waals surface area contributed by atoms with Crippen LogP contribution < -0.4 is 10.6 Å². The number of anilines is 1. The molecule has 2 N–H and O–H groups in total. The van der Waals surface area contributed by atoms with Crippen LogP contribution in [0.3, 0.4) is 0 Å². The molecule has 1 heterocycles. The Morgan fingerprint density at radius 1 is 1.29 bits per heavy atom.